The zero-order chi connectivity index (χ0) is 17.9. The Balaban J connectivity index is 1.40. The second kappa shape index (κ2) is 7.47. The summed E-state index contributed by atoms with van der Waals surface area (Å²) in [6, 6.07) is 9.44. The second-order valence-corrected chi connectivity index (χ2v) is 7.12. The fourth-order valence-electron chi connectivity index (χ4n) is 3.93. The minimum atomic E-state index is -0.477. The summed E-state index contributed by atoms with van der Waals surface area (Å²) in [5.74, 6) is 0. The minimum absolute atomic E-state index is 0.0531. The van der Waals surface area contributed by atoms with Gasteiger partial charge >= 0.3 is 6.03 Å². The van der Waals surface area contributed by atoms with Crippen LogP contribution in [0.3, 0.4) is 0 Å². The van der Waals surface area contributed by atoms with Crippen LogP contribution in [0.15, 0.2) is 36.5 Å². The van der Waals surface area contributed by atoms with E-state index >= 15 is 0 Å². The number of urea groups is 1. The number of β-amino-alcohol motifs (C(OH)–C–C–N with tert-alkyl or cyclic N) is 1. The fourth-order valence-corrected chi connectivity index (χ4v) is 3.93. The Morgan fingerprint density at radius 1 is 1.19 bits per heavy atom. The van der Waals surface area contributed by atoms with Gasteiger partial charge in [0.1, 0.15) is 0 Å². The van der Waals surface area contributed by atoms with Gasteiger partial charge in [-0.1, -0.05) is 18.6 Å². The van der Waals surface area contributed by atoms with Crippen molar-refractivity contribution in [3.8, 4) is 11.3 Å². The number of aliphatic hydroxyl groups excluding tert-OH is 1. The maximum absolute atomic E-state index is 12.7. The molecular formula is C19H25N5O2. The molecule has 2 aliphatic heterocycles. The number of piperidine rings is 1. The Morgan fingerprint density at radius 2 is 2.04 bits per heavy atom. The van der Waals surface area contributed by atoms with E-state index in [4.69, 9.17) is 0 Å². The summed E-state index contributed by atoms with van der Waals surface area (Å²) in [5.41, 5.74) is 2.61. The lowest BCUT2D eigenvalue weighted by Gasteiger charge is -2.33. The smallest absolute Gasteiger partial charge is 0.321 e. The molecule has 7 nitrogen and oxygen atoms in total. The SMILES string of the molecule is O=C(Nc1cccc(-c2ccn[nH]2)c1)N1C[C@H](O)[C@@H](N2CCCCC2)C1. The Morgan fingerprint density at radius 3 is 2.81 bits per heavy atom. The van der Waals surface area contributed by atoms with Gasteiger partial charge in [-0.25, -0.2) is 4.79 Å². The van der Waals surface area contributed by atoms with Gasteiger partial charge in [0.2, 0.25) is 0 Å². The number of aromatic amines is 1. The number of anilines is 1. The van der Waals surface area contributed by atoms with Gasteiger partial charge in [0.05, 0.1) is 24.4 Å². The summed E-state index contributed by atoms with van der Waals surface area (Å²) in [7, 11) is 0. The normalized spacial score (nSPS) is 24.0. The molecule has 0 saturated carbocycles. The maximum Gasteiger partial charge on any atom is 0.321 e. The van der Waals surface area contributed by atoms with Crippen LogP contribution in [0.2, 0.25) is 0 Å². The quantitative estimate of drug-likeness (QED) is 0.788. The second-order valence-electron chi connectivity index (χ2n) is 7.12. The molecule has 4 rings (SSSR count). The van der Waals surface area contributed by atoms with Gasteiger partial charge in [-0.05, 0) is 44.1 Å². The van der Waals surface area contributed by atoms with E-state index in [1.165, 1.54) is 19.3 Å². The molecule has 1 aromatic heterocycles. The first-order chi connectivity index (χ1) is 12.7. The number of H-pyrrole nitrogens is 1. The monoisotopic (exact) mass is 355 g/mol. The molecule has 3 heterocycles. The summed E-state index contributed by atoms with van der Waals surface area (Å²) in [4.78, 5) is 16.7. The average molecular weight is 355 g/mol. The molecule has 138 valence electrons. The van der Waals surface area contributed by atoms with Crippen LogP contribution in [0.4, 0.5) is 10.5 Å². The standard InChI is InChI=1S/C19H25N5O2/c25-18-13-24(12-17(18)23-9-2-1-3-10-23)19(26)21-15-6-4-5-14(11-15)16-7-8-20-22-16/h4-8,11,17-18,25H,1-3,9-10,12-13H2,(H,20,22)(H,21,26)/t17-,18-/m0/s1. The van der Waals surface area contributed by atoms with Gasteiger partial charge < -0.3 is 15.3 Å². The lowest BCUT2D eigenvalue weighted by Crippen LogP contribution is -2.46. The highest BCUT2D eigenvalue weighted by Crippen LogP contribution is 2.23. The number of aromatic nitrogens is 2. The molecule has 2 aliphatic rings. The van der Waals surface area contributed by atoms with E-state index in [0.29, 0.717) is 13.1 Å². The molecule has 2 amide bonds. The van der Waals surface area contributed by atoms with Crippen molar-refractivity contribution in [1.29, 1.82) is 0 Å². The number of likely N-dealkylation sites (tertiary alicyclic amines) is 2. The third-order valence-corrected chi connectivity index (χ3v) is 5.33. The van der Waals surface area contributed by atoms with Crippen LogP contribution in [0.1, 0.15) is 19.3 Å². The van der Waals surface area contributed by atoms with E-state index in [1.807, 2.05) is 30.3 Å². The first-order valence-electron chi connectivity index (χ1n) is 9.28. The first-order valence-corrected chi connectivity index (χ1v) is 9.28. The Labute approximate surface area is 153 Å². The molecule has 3 N–H and O–H groups in total. The van der Waals surface area contributed by atoms with E-state index in [9.17, 15) is 9.90 Å². The van der Waals surface area contributed by atoms with Crippen LogP contribution in [0.5, 0.6) is 0 Å². The number of aliphatic hydroxyl groups is 1. The van der Waals surface area contributed by atoms with E-state index in [1.54, 1.807) is 11.1 Å². The fraction of sp³-hybridized carbons (Fsp3) is 0.474. The number of hydrogen-bond acceptors (Lipinski definition) is 4. The number of rotatable bonds is 3. The number of amides is 2. The van der Waals surface area contributed by atoms with E-state index in [0.717, 1.165) is 30.0 Å². The predicted molar refractivity (Wildman–Crippen MR) is 99.8 cm³/mol. The third kappa shape index (κ3) is 3.59. The molecule has 2 aromatic rings. The van der Waals surface area contributed by atoms with Crippen molar-refractivity contribution in [2.45, 2.75) is 31.4 Å². The Hall–Kier alpha value is -2.38. The molecule has 1 aromatic carbocycles. The molecule has 26 heavy (non-hydrogen) atoms. The summed E-state index contributed by atoms with van der Waals surface area (Å²) in [6.45, 7) is 2.99. The molecule has 0 aliphatic carbocycles. The minimum Gasteiger partial charge on any atom is -0.390 e. The van der Waals surface area contributed by atoms with Gasteiger partial charge in [-0.15, -0.1) is 0 Å². The van der Waals surface area contributed by atoms with Gasteiger partial charge in [0, 0.05) is 24.0 Å². The molecule has 0 bridgehead atoms. The number of nitrogens with one attached hydrogen (secondary N) is 2. The van der Waals surface area contributed by atoms with E-state index in [2.05, 4.69) is 20.4 Å². The molecule has 0 spiro atoms. The summed E-state index contributed by atoms with van der Waals surface area (Å²) < 4.78 is 0. The number of carbonyl (C=O) groups is 1. The van der Waals surface area contributed by atoms with Crippen molar-refractivity contribution in [3.63, 3.8) is 0 Å². The van der Waals surface area contributed by atoms with Gasteiger partial charge in [-0.3, -0.25) is 10.00 Å². The molecule has 2 atom stereocenters. The number of nitrogens with zero attached hydrogens (tertiary/aromatic N) is 3. The van der Waals surface area contributed by atoms with E-state index in [-0.39, 0.29) is 12.1 Å². The highest BCUT2D eigenvalue weighted by molar-refractivity contribution is 5.90. The Kier molecular flexibility index (Phi) is 4.90. The molecule has 0 radical (unpaired) electrons. The van der Waals surface area contributed by atoms with Gasteiger partial charge in [0.25, 0.3) is 0 Å². The third-order valence-electron chi connectivity index (χ3n) is 5.33. The van der Waals surface area contributed by atoms with Crippen molar-refractivity contribution in [2.75, 3.05) is 31.5 Å². The molecular weight excluding hydrogens is 330 g/mol. The zero-order valence-electron chi connectivity index (χ0n) is 14.8. The van der Waals surface area contributed by atoms with Crippen molar-refractivity contribution in [2.24, 2.45) is 0 Å². The lowest BCUT2D eigenvalue weighted by atomic mass is 10.1. The molecule has 7 heteroatoms. The highest BCUT2D eigenvalue weighted by atomic mass is 16.3. The van der Waals surface area contributed by atoms with Gasteiger partial charge in [-0.2, -0.15) is 5.10 Å². The summed E-state index contributed by atoms with van der Waals surface area (Å²) in [6.07, 6.45) is 4.84. The number of carbonyl (C=O) groups excluding carboxylic acids is 1. The van der Waals surface area contributed by atoms with Crippen LogP contribution in [0.25, 0.3) is 11.3 Å². The predicted octanol–water partition coefficient (Wildman–Crippen LogP) is 2.14. The van der Waals surface area contributed by atoms with Crippen LogP contribution in [0, 0.1) is 0 Å². The van der Waals surface area contributed by atoms with Crippen LogP contribution >= 0.6 is 0 Å². The molecule has 2 saturated heterocycles. The van der Waals surface area contributed by atoms with Gasteiger partial charge in [0.15, 0.2) is 0 Å². The van der Waals surface area contributed by atoms with Crippen molar-refractivity contribution in [1.82, 2.24) is 20.0 Å². The summed E-state index contributed by atoms with van der Waals surface area (Å²) in [5, 5.41) is 20.3. The van der Waals surface area contributed by atoms with Crippen molar-refractivity contribution >= 4 is 11.7 Å². The van der Waals surface area contributed by atoms with Crippen molar-refractivity contribution < 1.29 is 9.90 Å². The average Bonchev–Trinajstić information content (AvgIpc) is 3.32. The summed E-state index contributed by atoms with van der Waals surface area (Å²) >= 11 is 0. The van der Waals surface area contributed by atoms with Crippen LogP contribution < -0.4 is 5.32 Å². The van der Waals surface area contributed by atoms with Crippen LogP contribution in [-0.4, -0.2) is 69.5 Å². The molecule has 2 fully saturated rings. The van der Waals surface area contributed by atoms with E-state index < -0.39 is 6.10 Å². The highest BCUT2D eigenvalue weighted by Gasteiger charge is 2.37. The molecule has 0 unspecified atom stereocenters. The maximum atomic E-state index is 12.7. The number of hydrogen-bond donors (Lipinski definition) is 3. The Bertz CT molecular complexity index is 742. The van der Waals surface area contributed by atoms with Crippen molar-refractivity contribution in [3.05, 3.63) is 36.5 Å². The zero-order valence-corrected chi connectivity index (χ0v) is 14.8. The lowest BCUT2D eigenvalue weighted by molar-refractivity contribution is 0.0706. The largest absolute Gasteiger partial charge is 0.390 e. The topological polar surface area (TPSA) is 84.5 Å². The first kappa shape index (κ1) is 17.1. The van der Waals surface area contributed by atoms with Crippen LogP contribution in [-0.2, 0) is 0 Å². The number of benzene rings is 1.